The van der Waals surface area contributed by atoms with Gasteiger partial charge in [0.1, 0.15) is 6.10 Å². The third kappa shape index (κ3) is 16.2. The molecule has 0 bridgehead atoms. The average molecular weight is 369 g/mol. The molecule has 4 nitrogen and oxygen atoms in total. The van der Waals surface area contributed by atoms with Crippen molar-refractivity contribution in [2.45, 2.75) is 110 Å². The van der Waals surface area contributed by atoms with Crippen LogP contribution < -0.4 is 0 Å². The maximum absolute atomic E-state index is 11.8. The SMILES string of the molecule is CCCCCCCCCCOC(=O)/C=C/C(=O)OC(CCC)CCCC. The van der Waals surface area contributed by atoms with Gasteiger partial charge in [-0.15, -0.1) is 0 Å². The highest BCUT2D eigenvalue weighted by molar-refractivity contribution is 5.91. The number of unbranched alkanes of at least 4 members (excludes halogenated alkanes) is 8. The number of rotatable bonds is 17. The number of hydrogen-bond donors (Lipinski definition) is 0. The second-order valence-corrected chi connectivity index (χ2v) is 6.97. The average Bonchev–Trinajstić information content (AvgIpc) is 2.63. The highest BCUT2D eigenvalue weighted by atomic mass is 16.5. The Morgan fingerprint density at radius 3 is 1.88 bits per heavy atom. The number of carbonyl (C=O) groups is 2. The van der Waals surface area contributed by atoms with Crippen LogP contribution in [0.1, 0.15) is 104 Å². The van der Waals surface area contributed by atoms with Gasteiger partial charge < -0.3 is 9.47 Å². The van der Waals surface area contributed by atoms with Gasteiger partial charge in [-0.3, -0.25) is 0 Å². The van der Waals surface area contributed by atoms with Crippen LogP contribution in [0.3, 0.4) is 0 Å². The molecular weight excluding hydrogens is 328 g/mol. The van der Waals surface area contributed by atoms with Gasteiger partial charge in [-0.25, -0.2) is 9.59 Å². The van der Waals surface area contributed by atoms with Crippen molar-refractivity contribution in [1.29, 1.82) is 0 Å². The first-order valence-electron chi connectivity index (χ1n) is 10.7. The number of hydrogen-bond acceptors (Lipinski definition) is 4. The van der Waals surface area contributed by atoms with E-state index in [-0.39, 0.29) is 6.10 Å². The van der Waals surface area contributed by atoms with E-state index in [1.54, 1.807) is 0 Å². The molecule has 0 rings (SSSR count). The van der Waals surface area contributed by atoms with Gasteiger partial charge in [0.05, 0.1) is 6.61 Å². The van der Waals surface area contributed by atoms with E-state index >= 15 is 0 Å². The highest BCUT2D eigenvalue weighted by Crippen LogP contribution is 2.11. The second kappa shape index (κ2) is 18.5. The zero-order chi connectivity index (χ0) is 19.5. The minimum Gasteiger partial charge on any atom is -0.463 e. The fourth-order valence-electron chi connectivity index (χ4n) is 2.81. The van der Waals surface area contributed by atoms with Gasteiger partial charge in [0.2, 0.25) is 0 Å². The van der Waals surface area contributed by atoms with E-state index in [1.807, 2.05) is 0 Å². The van der Waals surface area contributed by atoms with Gasteiger partial charge >= 0.3 is 11.9 Å². The standard InChI is InChI=1S/C22H40O4/c1-4-7-9-10-11-12-13-14-19-25-21(23)17-18-22(24)26-20(15-6-3)16-8-5-2/h17-18,20H,4-16,19H2,1-3H3/b18-17+. The molecule has 0 amide bonds. The molecule has 0 aliphatic rings. The molecule has 0 radical (unpaired) electrons. The summed E-state index contributed by atoms with van der Waals surface area (Å²) in [5, 5.41) is 0. The summed E-state index contributed by atoms with van der Waals surface area (Å²) < 4.78 is 10.5. The van der Waals surface area contributed by atoms with Crippen molar-refractivity contribution in [3.8, 4) is 0 Å². The van der Waals surface area contributed by atoms with Crippen LogP contribution in [0.25, 0.3) is 0 Å². The third-order valence-corrected chi connectivity index (χ3v) is 4.37. The molecule has 1 unspecified atom stereocenters. The maximum Gasteiger partial charge on any atom is 0.331 e. The predicted molar refractivity (Wildman–Crippen MR) is 107 cm³/mol. The molecule has 0 N–H and O–H groups in total. The highest BCUT2D eigenvalue weighted by Gasteiger charge is 2.11. The molecule has 0 fully saturated rings. The first kappa shape index (κ1) is 24.7. The van der Waals surface area contributed by atoms with Crippen molar-refractivity contribution in [3.05, 3.63) is 12.2 Å². The summed E-state index contributed by atoms with van der Waals surface area (Å²) in [5.41, 5.74) is 0. The van der Waals surface area contributed by atoms with Crippen molar-refractivity contribution in [2.24, 2.45) is 0 Å². The molecule has 4 heteroatoms. The molecule has 0 aliphatic carbocycles. The molecular formula is C22H40O4. The Hall–Kier alpha value is -1.32. The van der Waals surface area contributed by atoms with Crippen molar-refractivity contribution >= 4 is 11.9 Å². The molecule has 0 spiro atoms. The van der Waals surface area contributed by atoms with Gasteiger partial charge in [0.15, 0.2) is 0 Å². The summed E-state index contributed by atoms with van der Waals surface area (Å²) in [6.45, 7) is 6.83. The quantitative estimate of drug-likeness (QED) is 0.176. The van der Waals surface area contributed by atoms with E-state index in [4.69, 9.17) is 9.47 Å². The summed E-state index contributed by atoms with van der Waals surface area (Å²) in [6.07, 6.45) is 16.8. The van der Waals surface area contributed by atoms with Gasteiger partial charge in [-0.1, -0.05) is 85.0 Å². The van der Waals surface area contributed by atoms with Crippen LogP contribution >= 0.6 is 0 Å². The van der Waals surface area contributed by atoms with Crippen LogP contribution in [0.2, 0.25) is 0 Å². The molecule has 0 saturated carbocycles. The van der Waals surface area contributed by atoms with Crippen molar-refractivity contribution in [1.82, 2.24) is 0 Å². The lowest BCUT2D eigenvalue weighted by atomic mass is 10.1. The molecule has 0 aromatic carbocycles. The Morgan fingerprint density at radius 1 is 0.692 bits per heavy atom. The Kier molecular flexibility index (Phi) is 17.5. The van der Waals surface area contributed by atoms with E-state index in [9.17, 15) is 9.59 Å². The topological polar surface area (TPSA) is 52.6 Å². The molecule has 1 atom stereocenters. The lowest BCUT2D eigenvalue weighted by Gasteiger charge is -2.15. The summed E-state index contributed by atoms with van der Waals surface area (Å²) in [6, 6.07) is 0. The Bertz CT molecular complexity index is 376. The fraction of sp³-hybridized carbons (Fsp3) is 0.818. The maximum atomic E-state index is 11.8. The molecule has 0 aliphatic heterocycles. The van der Waals surface area contributed by atoms with Gasteiger partial charge in [0, 0.05) is 12.2 Å². The molecule has 152 valence electrons. The van der Waals surface area contributed by atoms with Crippen LogP contribution in [0.5, 0.6) is 0 Å². The summed E-state index contributed by atoms with van der Waals surface area (Å²) in [7, 11) is 0. The van der Waals surface area contributed by atoms with E-state index in [1.165, 1.54) is 50.7 Å². The fourth-order valence-corrected chi connectivity index (χ4v) is 2.81. The van der Waals surface area contributed by atoms with Crippen LogP contribution in [0, 0.1) is 0 Å². The zero-order valence-corrected chi connectivity index (χ0v) is 17.3. The van der Waals surface area contributed by atoms with Gasteiger partial charge in [0.25, 0.3) is 0 Å². The Labute approximate surface area is 160 Å². The number of ether oxygens (including phenoxy) is 2. The predicted octanol–water partition coefficient (Wildman–Crippen LogP) is 6.13. The summed E-state index contributed by atoms with van der Waals surface area (Å²) in [4.78, 5) is 23.4. The minimum atomic E-state index is -0.467. The van der Waals surface area contributed by atoms with E-state index in [0.717, 1.165) is 44.9 Å². The Balaban J connectivity index is 3.78. The molecule has 0 aromatic heterocycles. The third-order valence-electron chi connectivity index (χ3n) is 4.37. The minimum absolute atomic E-state index is 0.0505. The first-order valence-corrected chi connectivity index (χ1v) is 10.7. The summed E-state index contributed by atoms with van der Waals surface area (Å²) in [5.74, 6) is -0.922. The van der Waals surface area contributed by atoms with Crippen LogP contribution in [-0.4, -0.2) is 24.6 Å². The number of esters is 2. The number of carbonyl (C=O) groups excluding carboxylic acids is 2. The smallest absolute Gasteiger partial charge is 0.331 e. The summed E-state index contributed by atoms with van der Waals surface area (Å²) >= 11 is 0. The first-order chi connectivity index (χ1) is 12.6. The largest absolute Gasteiger partial charge is 0.463 e. The van der Waals surface area contributed by atoms with Crippen molar-refractivity contribution in [2.75, 3.05) is 6.61 Å². The lowest BCUT2D eigenvalue weighted by molar-refractivity contribution is -0.144. The van der Waals surface area contributed by atoms with Gasteiger partial charge in [-0.05, 0) is 19.3 Å². The molecule has 0 aromatic rings. The van der Waals surface area contributed by atoms with Crippen LogP contribution in [-0.2, 0) is 19.1 Å². The van der Waals surface area contributed by atoms with E-state index in [2.05, 4.69) is 20.8 Å². The molecule has 0 saturated heterocycles. The molecule has 0 heterocycles. The second-order valence-electron chi connectivity index (χ2n) is 6.97. The lowest BCUT2D eigenvalue weighted by Crippen LogP contribution is -2.17. The van der Waals surface area contributed by atoms with Crippen molar-refractivity contribution < 1.29 is 19.1 Å². The normalized spacial score (nSPS) is 12.3. The molecule has 26 heavy (non-hydrogen) atoms. The Morgan fingerprint density at radius 2 is 1.27 bits per heavy atom. The monoisotopic (exact) mass is 368 g/mol. The van der Waals surface area contributed by atoms with Crippen LogP contribution in [0.4, 0.5) is 0 Å². The van der Waals surface area contributed by atoms with E-state index in [0.29, 0.717) is 6.61 Å². The van der Waals surface area contributed by atoms with Crippen molar-refractivity contribution in [3.63, 3.8) is 0 Å². The van der Waals surface area contributed by atoms with E-state index < -0.39 is 11.9 Å². The van der Waals surface area contributed by atoms with Gasteiger partial charge in [-0.2, -0.15) is 0 Å². The zero-order valence-electron chi connectivity index (χ0n) is 17.3. The van der Waals surface area contributed by atoms with Crippen LogP contribution in [0.15, 0.2) is 12.2 Å².